The number of nitrogens with one attached hydrogen (secondary N) is 1. The normalized spacial score (nSPS) is 12.2. The van der Waals surface area contributed by atoms with Crippen LogP contribution in [0.4, 0.5) is 0 Å². The number of benzene rings is 4. The van der Waals surface area contributed by atoms with Crippen LogP contribution < -0.4 is 21.0 Å². The average Bonchev–Trinajstić information content (AvgIpc) is 2.90. The summed E-state index contributed by atoms with van der Waals surface area (Å²) in [6, 6.07) is 38.7. The van der Waals surface area contributed by atoms with E-state index < -0.39 is 6.75 Å². The van der Waals surface area contributed by atoms with E-state index >= 15 is 0 Å². The zero-order valence-electron chi connectivity index (χ0n) is 18.8. The van der Waals surface area contributed by atoms with Gasteiger partial charge in [-0.1, -0.05) is 0 Å². The molecule has 0 fully saturated rings. The number of terminal acetylenes is 1. The van der Waals surface area contributed by atoms with E-state index in [-0.39, 0.29) is 5.91 Å². The molecule has 2 nitrogen and oxygen atoms in total. The van der Waals surface area contributed by atoms with E-state index in [0.717, 1.165) is 34.1 Å². The molecule has 1 N–H and O–H groups in total. The van der Waals surface area contributed by atoms with E-state index in [9.17, 15) is 4.79 Å². The van der Waals surface area contributed by atoms with Crippen LogP contribution in [0.3, 0.4) is 0 Å². The van der Waals surface area contributed by atoms with E-state index in [4.69, 9.17) is 6.42 Å². The molecule has 0 spiro atoms. The molecular formula is C30H28NOP. The number of amides is 1. The van der Waals surface area contributed by atoms with Gasteiger partial charge in [-0.25, -0.2) is 0 Å². The molecule has 0 unspecified atom stereocenters. The van der Waals surface area contributed by atoms with Crippen LogP contribution in [0.15, 0.2) is 115 Å². The van der Waals surface area contributed by atoms with Crippen molar-refractivity contribution in [2.75, 3.05) is 6.16 Å². The third-order valence-corrected chi connectivity index (χ3v) is 12.7. The van der Waals surface area contributed by atoms with E-state index in [1.165, 1.54) is 0 Å². The Bertz CT molecular complexity index is 1160. The number of hydrogen-bond acceptors (Lipinski definition) is 1. The van der Waals surface area contributed by atoms with Crippen molar-refractivity contribution >= 4 is 28.6 Å². The molecule has 0 atom stereocenters. The number of hydrogen-bond donors (Lipinski definition) is 1. The van der Waals surface area contributed by atoms with Gasteiger partial charge in [-0.3, -0.25) is 0 Å². The average molecular weight is 450 g/mol. The zero-order chi connectivity index (χ0) is 23.2. The molecule has 1 amide bonds. The molecule has 33 heavy (non-hydrogen) atoms. The maximum atomic E-state index is 13.9. The molecule has 4 aromatic carbocycles. The summed E-state index contributed by atoms with van der Waals surface area (Å²) in [4.78, 5) is 13.9. The van der Waals surface area contributed by atoms with Gasteiger partial charge in [0.15, 0.2) is 0 Å². The van der Waals surface area contributed by atoms with Crippen molar-refractivity contribution < 1.29 is 4.79 Å². The van der Waals surface area contributed by atoms with Crippen molar-refractivity contribution in [1.82, 2.24) is 5.09 Å². The van der Waals surface area contributed by atoms with Crippen LogP contribution in [0.5, 0.6) is 0 Å². The van der Waals surface area contributed by atoms with Crippen LogP contribution in [0.25, 0.3) is 0 Å². The van der Waals surface area contributed by atoms with Gasteiger partial charge in [-0.05, 0) is 0 Å². The summed E-state index contributed by atoms with van der Waals surface area (Å²) in [6.45, 7) is -1.22. The first-order chi connectivity index (χ1) is 16.1. The number of carbonyl (C=O) groups excluding carboxylic acids is 1. The van der Waals surface area contributed by atoms with Crippen molar-refractivity contribution in [2.45, 2.75) is 13.3 Å². The summed E-state index contributed by atoms with van der Waals surface area (Å²) in [5, 5.41) is 7.14. The second-order valence-corrected chi connectivity index (χ2v) is 13.0. The molecule has 0 aromatic heterocycles. The quantitative estimate of drug-likeness (QED) is 0.303. The second-order valence-electron chi connectivity index (χ2n) is 8.20. The number of rotatable bonds is 7. The van der Waals surface area contributed by atoms with Crippen molar-refractivity contribution in [3.05, 3.63) is 126 Å². The Morgan fingerprint density at radius 3 is 1.52 bits per heavy atom. The summed E-state index contributed by atoms with van der Waals surface area (Å²) in [7, 11) is 0. The first-order valence-electron chi connectivity index (χ1n) is 11.2. The second kappa shape index (κ2) is 9.45. The molecule has 0 heterocycles. The van der Waals surface area contributed by atoms with E-state index in [1.807, 2.05) is 42.5 Å². The molecule has 0 bridgehead atoms. The summed E-state index contributed by atoms with van der Waals surface area (Å²) >= 11 is 0. The van der Waals surface area contributed by atoms with Gasteiger partial charge in [-0.2, -0.15) is 0 Å². The van der Waals surface area contributed by atoms with E-state index in [0.29, 0.717) is 5.56 Å². The predicted octanol–water partition coefficient (Wildman–Crippen LogP) is 5.25. The van der Waals surface area contributed by atoms with Gasteiger partial charge in [0.1, 0.15) is 0 Å². The molecule has 0 aliphatic heterocycles. The topological polar surface area (TPSA) is 29.1 Å². The van der Waals surface area contributed by atoms with Gasteiger partial charge >= 0.3 is 197 Å². The van der Waals surface area contributed by atoms with Crippen molar-refractivity contribution in [3.8, 4) is 12.3 Å². The summed E-state index contributed by atoms with van der Waals surface area (Å²) < 4.78 is 0. The van der Waals surface area contributed by atoms with Crippen molar-refractivity contribution in [2.24, 2.45) is 0 Å². The monoisotopic (exact) mass is 449 g/mol. The van der Waals surface area contributed by atoms with Gasteiger partial charge in [-0.15, -0.1) is 0 Å². The Kier molecular flexibility index (Phi) is 6.45. The van der Waals surface area contributed by atoms with Crippen molar-refractivity contribution in [1.29, 1.82) is 0 Å². The van der Waals surface area contributed by atoms with Crippen LogP contribution in [0.1, 0.15) is 29.3 Å². The molecule has 0 radical (unpaired) electrons. The fraction of sp³-hybridized carbons (Fsp3) is 0.100. The third-order valence-electron chi connectivity index (χ3n) is 6.31. The van der Waals surface area contributed by atoms with Gasteiger partial charge in [0.05, 0.1) is 0 Å². The first kappa shape index (κ1) is 22.5. The Balaban J connectivity index is 2.05. The Morgan fingerprint density at radius 1 is 0.727 bits per heavy atom. The van der Waals surface area contributed by atoms with E-state index in [2.05, 4.69) is 90.7 Å². The van der Waals surface area contributed by atoms with Gasteiger partial charge in [0.25, 0.3) is 0 Å². The molecule has 4 aromatic rings. The van der Waals surface area contributed by atoms with Gasteiger partial charge in [0, 0.05) is 0 Å². The minimum absolute atomic E-state index is 0.0961. The van der Waals surface area contributed by atoms with Crippen LogP contribution in [0.2, 0.25) is 0 Å². The standard InChI is InChI=1S/C30H28NOP/c1-3-24-33(27-14-8-5-9-15-27,28-16-10-6-11-17-28,29-18-12-7-13-19-29)31-30(32)26-22-20-25(4-2)21-23-26/h2,5-23H,3,24H2,1H3,(H,31,32). The maximum absolute atomic E-state index is 13.9. The van der Waals surface area contributed by atoms with E-state index in [1.54, 1.807) is 0 Å². The Morgan fingerprint density at radius 2 is 1.15 bits per heavy atom. The fourth-order valence-electron chi connectivity index (χ4n) is 4.81. The molecule has 0 aliphatic rings. The third kappa shape index (κ3) is 3.86. The summed E-state index contributed by atoms with van der Waals surface area (Å²) in [5.41, 5.74) is 1.36. The Hall–Kier alpha value is -3.66. The molecule has 4 rings (SSSR count). The summed E-state index contributed by atoms with van der Waals surface area (Å²) in [6.07, 6.45) is 7.25. The fourth-order valence-corrected chi connectivity index (χ4v) is 10.9. The van der Waals surface area contributed by atoms with Crippen LogP contribution in [-0.2, 0) is 0 Å². The SMILES string of the molecule is C#Cc1ccc(C(=O)NP(CCC)(c2ccccc2)(c2ccccc2)c2ccccc2)cc1. The van der Waals surface area contributed by atoms with Gasteiger partial charge < -0.3 is 0 Å². The number of carbonyl (C=O) groups is 1. The van der Waals surface area contributed by atoms with Gasteiger partial charge in [0.2, 0.25) is 0 Å². The van der Waals surface area contributed by atoms with Crippen LogP contribution >= 0.6 is 6.75 Å². The zero-order valence-corrected chi connectivity index (χ0v) is 19.7. The molecular weight excluding hydrogens is 421 g/mol. The van der Waals surface area contributed by atoms with Crippen molar-refractivity contribution in [3.63, 3.8) is 0 Å². The van der Waals surface area contributed by atoms with Crippen LogP contribution in [0, 0.1) is 12.3 Å². The minimum atomic E-state index is -3.40. The molecule has 0 saturated carbocycles. The molecule has 0 saturated heterocycles. The summed E-state index contributed by atoms with van der Waals surface area (Å²) in [5.74, 6) is 2.53. The van der Waals surface area contributed by atoms with Crippen LogP contribution in [-0.4, -0.2) is 12.1 Å². The Labute approximate surface area is 196 Å². The molecule has 0 aliphatic carbocycles. The molecule has 164 valence electrons. The predicted molar refractivity (Wildman–Crippen MR) is 142 cm³/mol. The molecule has 3 heteroatoms. The first-order valence-corrected chi connectivity index (χ1v) is 13.6.